The molecule has 84 valence electrons. The smallest absolute Gasteiger partial charge is 0.247 e. The molecule has 1 fully saturated rings. The Balaban J connectivity index is 2.29. The SMILES string of the molecule is NC1COCCN1S(=O)(=O)c1cn[nH]c1. The first-order valence-electron chi connectivity index (χ1n) is 4.46. The van der Waals surface area contributed by atoms with Gasteiger partial charge in [-0.3, -0.25) is 5.10 Å². The van der Waals surface area contributed by atoms with Crippen molar-refractivity contribution in [1.29, 1.82) is 0 Å². The number of nitrogens with one attached hydrogen (secondary N) is 1. The van der Waals surface area contributed by atoms with Crippen LogP contribution in [0.3, 0.4) is 0 Å². The summed E-state index contributed by atoms with van der Waals surface area (Å²) in [6.45, 7) is 0.858. The predicted molar refractivity (Wildman–Crippen MR) is 51.3 cm³/mol. The molecule has 7 nitrogen and oxygen atoms in total. The van der Waals surface area contributed by atoms with Crippen molar-refractivity contribution < 1.29 is 13.2 Å². The van der Waals surface area contributed by atoms with Gasteiger partial charge in [-0.25, -0.2) is 8.42 Å². The molecule has 1 saturated heterocycles. The lowest BCUT2D eigenvalue weighted by molar-refractivity contribution is 0.0350. The minimum Gasteiger partial charge on any atom is -0.377 e. The lowest BCUT2D eigenvalue weighted by Crippen LogP contribution is -2.53. The Bertz CT molecular complexity index is 415. The van der Waals surface area contributed by atoms with Gasteiger partial charge >= 0.3 is 0 Å². The summed E-state index contributed by atoms with van der Waals surface area (Å²) in [5, 5.41) is 6.07. The summed E-state index contributed by atoms with van der Waals surface area (Å²) in [5.74, 6) is 0. The lowest BCUT2D eigenvalue weighted by atomic mass is 10.4. The molecule has 8 heteroatoms. The highest BCUT2D eigenvalue weighted by atomic mass is 32.2. The van der Waals surface area contributed by atoms with E-state index in [0.717, 1.165) is 0 Å². The predicted octanol–water partition coefficient (Wildman–Crippen LogP) is -1.28. The summed E-state index contributed by atoms with van der Waals surface area (Å²) in [6.07, 6.45) is 1.97. The standard InChI is InChI=1S/C7H12N4O3S/c8-7-5-14-2-1-11(7)15(12,13)6-3-9-10-4-6/h3-4,7H,1-2,5,8H2,(H,9,10). The Morgan fingerprint density at radius 2 is 2.47 bits per heavy atom. The van der Waals surface area contributed by atoms with Gasteiger partial charge in [0.25, 0.3) is 0 Å². The van der Waals surface area contributed by atoms with Crippen molar-refractivity contribution in [2.45, 2.75) is 11.1 Å². The molecule has 0 bridgehead atoms. The lowest BCUT2D eigenvalue weighted by Gasteiger charge is -2.31. The van der Waals surface area contributed by atoms with Crippen LogP contribution in [-0.4, -0.2) is 48.8 Å². The highest BCUT2D eigenvalue weighted by molar-refractivity contribution is 7.89. The third kappa shape index (κ3) is 1.88. The molecule has 1 atom stereocenters. The Morgan fingerprint density at radius 1 is 1.67 bits per heavy atom. The second-order valence-corrected chi connectivity index (χ2v) is 5.08. The number of hydrogen-bond acceptors (Lipinski definition) is 5. The molecule has 3 N–H and O–H groups in total. The number of nitrogens with two attached hydrogens (primary N) is 1. The number of morpholine rings is 1. The molecule has 15 heavy (non-hydrogen) atoms. The number of ether oxygens (including phenoxy) is 1. The van der Waals surface area contributed by atoms with Gasteiger partial charge in [0.1, 0.15) is 4.90 Å². The summed E-state index contributed by atoms with van der Waals surface area (Å²) in [6, 6.07) is 0. The van der Waals surface area contributed by atoms with E-state index in [1.165, 1.54) is 16.7 Å². The molecule has 0 radical (unpaired) electrons. The van der Waals surface area contributed by atoms with Crippen LogP contribution in [0.5, 0.6) is 0 Å². The summed E-state index contributed by atoms with van der Waals surface area (Å²) in [4.78, 5) is 0.125. The van der Waals surface area contributed by atoms with E-state index >= 15 is 0 Å². The molecule has 1 aromatic heterocycles. The van der Waals surface area contributed by atoms with Gasteiger partial charge in [0, 0.05) is 12.7 Å². The topological polar surface area (TPSA) is 101 Å². The van der Waals surface area contributed by atoms with E-state index < -0.39 is 16.2 Å². The maximum absolute atomic E-state index is 12.0. The highest BCUT2D eigenvalue weighted by Gasteiger charge is 2.32. The maximum atomic E-state index is 12.0. The molecule has 0 saturated carbocycles. The molecular weight excluding hydrogens is 220 g/mol. The second kappa shape index (κ2) is 3.89. The van der Waals surface area contributed by atoms with Gasteiger partial charge in [0.05, 0.1) is 25.6 Å². The fraction of sp³-hybridized carbons (Fsp3) is 0.571. The van der Waals surface area contributed by atoms with Crippen molar-refractivity contribution in [2.24, 2.45) is 5.73 Å². The maximum Gasteiger partial charge on any atom is 0.247 e. The molecule has 2 rings (SSSR count). The van der Waals surface area contributed by atoms with Crippen LogP contribution in [0.25, 0.3) is 0 Å². The van der Waals surface area contributed by atoms with E-state index in [9.17, 15) is 8.42 Å². The summed E-state index contributed by atoms with van der Waals surface area (Å²) in [5.41, 5.74) is 5.66. The van der Waals surface area contributed by atoms with Gasteiger partial charge in [-0.15, -0.1) is 0 Å². The second-order valence-electron chi connectivity index (χ2n) is 3.19. The average molecular weight is 232 g/mol. The van der Waals surface area contributed by atoms with Crippen LogP contribution in [0.15, 0.2) is 17.3 Å². The van der Waals surface area contributed by atoms with Crippen LogP contribution in [-0.2, 0) is 14.8 Å². The van der Waals surface area contributed by atoms with Crippen LogP contribution < -0.4 is 5.73 Å². The van der Waals surface area contributed by atoms with Gasteiger partial charge in [-0.1, -0.05) is 0 Å². The number of H-pyrrole nitrogens is 1. The van der Waals surface area contributed by atoms with Gasteiger partial charge in [0.2, 0.25) is 10.0 Å². The Kier molecular flexibility index (Phi) is 2.74. The monoisotopic (exact) mass is 232 g/mol. The van der Waals surface area contributed by atoms with Crippen molar-refractivity contribution in [2.75, 3.05) is 19.8 Å². The van der Waals surface area contributed by atoms with Crippen LogP contribution >= 0.6 is 0 Å². The third-order valence-electron chi connectivity index (χ3n) is 2.19. The molecule has 0 aliphatic carbocycles. The summed E-state index contributed by atoms with van der Waals surface area (Å²) < 4.78 is 30.3. The van der Waals surface area contributed by atoms with Gasteiger partial charge in [-0.05, 0) is 0 Å². The van der Waals surface area contributed by atoms with Crippen LogP contribution in [0.1, 0.15) is 0 Å². The van der Waals surface area contributed by atoms with E-state index in [-0.39, 0.29) is 18.0 Å². The fourth-order valence-electron chi connectivity index (χ4n) is 1.42. The molecule has 1 aliphatic heterocycles. The molecule has 1 aliphatic rings. The van der Waals surface area contributed by atoms with Gasteiger partial charge < -0.3 is 10.5 Å². The molecule has 1 aromatic rings. The zero-order chi connectivity index (χ0) is 10.9. The number of rotatable bonds is 2. The Labute approximate surface area is 87.3 Å². The number of sulfonamides is 1. The summed E-state index contributed by atoms with van der Waals surface area (Å²) in [7, 11) is -3.53. The normalized spacial score (nSPS) is 24.2. The largest absolute Gasteiger partial charge is 0.377 e. The van der Waals surface area contributed by atoms with E-state index in [2.05, 4.69) is 10.2 Å². The number of nitrogens with zero attached hydrogens (tertiary/aromatic N) is 2. The first kappa shape index (κ1) is 10.6. The van der Waals surface area contributed by atoms with Crippen molar-refractivity contribution in [1.82, 2.24) is 14.5 Å². The first-order valence-corrected chi connectivity index (χ1v) is 5.90. The highest BCUT2D eigenvalue weighted by Crippen LogP contribution is 2.16. The van der Waals surface area contributed by atoms with Crippen molar-refractivity contribution in [3.05, 3.63) is 12.4 Å². The van der Waals surface area contributed by atoms with Crippen LogP contribution in [0.2, 0.25) is 0 Å². The minimum absolute atomic E-state index is 0.125. The zero-order valence-electron chi connectivity index (χ0n) is 7.96. The quantitative estimate of drug-likeness (QED) is 0.661. The molecule has 2 heterocycles. The minimum atomic E-state index is -3.53. The molecule has 1 unspecified atom stereocenters. The molecule has 0 aromatic carbocycles. The third-order valence-corrected chi connectivity index (χ3v) is 4.08. The van der Waals surface area contributed by atoms with E-state index in [1.54, 1.807) is 0 Å². The Morgan fingerprint density at radius 3 is 3.07 bits per heavy atom. The van der Waals surface area contributed by atoms with Crippen molar-refractivity contribution in [3.63, 3.8) is 0 Å². The van der Waals surface area contributed by atoms with Crippen LogP contribution in [0.4, 0.5) is 0 Å². The Hall–Kier alpha value is -0.960. The molecular formula is C7H12N4O3S. The number of aromatic nitrogens is 2. The number of hydrogen-bond donors (Lipinski definition) is 2. The van der Waals surface area contributed by atoms with E-state index in [0.29, 0.717) is 6.61 Å². The van der Waals surface area contributed by atoms with Gasteiger partial charge in [-0.2, -0.15) is 9.40 Å². The van der Waals surface area contributed by atoms with E-state index in [4.69, 9.17) is 10.5 Å². The van der Waals surface area contributed by atoms with E-state index in [1.807, 2.05) is 0 Å². The summed E-state index contributed by atoms with van der Waals surface area (Å²) >= 11 is 0. The van der Waals surface area contributed by atoms with Crippen LogP contribution in [0, 0.1) is 0 Å². The molecule has 0 spiro atoms. The average Bonchev–Trinajstić information content (AvgIpc) is 2.71. The first-order chi connectivity index (χ1) is 7.12. The van der Waals surface area contributed by atoms with Gasteiger partial charge in [0.15, 0.2) is 0 Å². The zero-order valence-corrected chi connectivity index (χ0v) is 8.77. The number of aromatic amines is 1. The van der Waals surface area contributed by atoms with Crippen molar-refractivity contribution >= 4 is 10.0 Å². The fourth-order valence-corrected chi connectivity index (χ4v) is 2.81. The molecule has 0 amide bonds. The van der Waals surface area contributed by atoms with Crippen molar-refractivity contribution in [3.8, 4) is 0 Å².